The minimum atomic E-state index is 0.259. The van der Waals surface area contributed by atoms with Crippen molar-refractivity contribution in [3.63, 3.8) is 0 Å². The molecule has 0 aromatic carbocycles. The van der Waals surface area contributed by atoms with Crippen LogP contribution in [-0.4, -0.2) is 30.4 Å². The number of nitrogens with zero attached hydrogens (tertiary/aromatic N) is 1. The molecule has 1 aliphatic heterocycles. The van der Waals surface area contributed by atoms with E-state index in [-0.39, 0.29) is 5.91 Å². The van der Waals surface area contributed by atoms with Crippen LogP contribution in [0.5, 0.6) is 0 Å². The summed E-state index contributed by atoms with van der Waals surface area (Å²) in [6, 6.07) is 2.18. The van der Waals surface area contributed by atoms with Crippen molar-refractivity contribution < 1.29 is 4.79 Å². The van der Waals surface area contributed by atoms with Crippen molar-refractivity contribution in [2.45, 2.75) is 51.4 Å². The molecule has 1 aromatic rings. The van der Waals surface area contributed by atoms with Gasteiger partial charge >= 0.3 is 0 Å². The third kappa shape index (κ3) is 3.49. The smallest absolute Gasteiger partial charge is 0.263 e. The molecule has 1 unspecified atom stereocenters. The molecule has 1 amide bonds. The van der Waals surface area contributed by atoms with E-state index in [4.69, 9.17) is 5.73 Å². The molecule has 116 valence electrons. The Morgan fingerprint density at radius 3 is 3.00 bits per heavy atom. The summed E-state index contributed by atoms with van der Waals surface area (Å²) in [6.07, 6.45) is 9.62. The Morgan fingerprint density at radius 2 is 2.14 bits per heavy atom. The highest BCUT2D eigenvalue weighted by Crippen LogP contribution is 2.30. The zero-order chi connectivity index (χ0) is 14.7. The molecule has 0 bridgehead atoms. The number of aryl methyl sites for hydroxylation is 2. The Bertz CT molecular complexity index is 471. The normalized spacial score (nSPS) is 22.7. The molecule has 1 fully saturated rings. The third-order valence-corrected chi connectivity index (χ3v) is 6.06. The molecule has 3 nitrogen and oxygen atoms in total. The second kappa shape index (κ2) is 6.93. The first-order valence-corrected chi connectivity index (χ1v) is 9.20. The van der Waals surface area contributed by atoms with Crippen LogP contribution in [0, 0.1) is 5.92 Å². The number of piperidine rings is 1. The van der Waals surface area contributed by atoms with E-state index in [1.54, 1.807) is 11.3 Å². The molecule has 0 spiro atoms. The van der Waals surface area contributed by atoms with E-state index < -0.39 is 0 Å². The van der Waals surface area contributed by atoms with E-state index in [2.05, 4.69) is 11.0 Å². The van der Waals surface area contributed by atoms with Gasteiger partial charge in [0.1, 0.15) is 0 Å². The SMILES string of the molecule is NCCC1CCCN(C(=O)c2cc3c(s2)CCCCC3)C1. The highest BCUT2D eigenvalue weighted by Gasteiger charge is 2.26. The van der Waals surface area contributed by atoms with Crippen LogP contribution in [-0.2, 0) is 12.8 Å². The fourth-order valence-corrected chi connectivity index (χ4v) is 4.87. The summed E-state index contributed by atoms with van der Waals surface area (Å²) < 4.78 is 0. The first kappa shape index (κ1) is 15.0. The number of thiophene rings is 1. The zero-order valence-electron chi connectivity index (χ0n) is 12.8. The molecule has 3 rings (SSSR count). The number of likely N-dealkylation sites (tertiary alicyclic amines) is 1. The van der Waals surface area contributed by atoms with Gasteiger partial charge < -0.3 is 10.6 Å². The summed E-state index contributed by atoms with van der Waals surface area (Å²) >= 11 is 1.75. The highest BCUT2D eigenvalue weighted by atomic mass is 32.1. The van der Waals surface area contributed by atoms with Crippen LogP contribution in [0.15, 0.2) is 6.07 Å². The maximum absolute atomic E-state index is 12.8. The molecule has 2 heterocycles. The van der Waals surface area contributed by atoms with Crippen molar-refractivity contribution in [1.82, 2.24) is 4.90 Å². The zero-order valence-corrected chi connectivity index (χ0v) is 13.6. The van der Waals surface area contributed by atoms with Gasteiger partial charge in [-0.05, 0) is 69.0 Å². The summed E-state index contributed by atoms with van der Waals surface area (Å²) in [6.45, 7) is 2.56. The van der Waals surface area contributed by atoms with Gasteiger partial charge in [-0.25, -0.2) is 0 Å². The third-order valence-electron chi connectivity index (χ3n) is 4.84. The average molecular weight is 306 g/mol. The Hall–Kier alpha value is -0.870. The lowest BCUT2D eigenvalue weighted by Gasteiger charge is -2.32. The van der Waals surface area contributed by atoms with Crippen LogP contribution in [0.4, 0.5) is 0 Å². The van der Waals surface area contributed by atoms with Gasteiger partial charge in [-0.3, -0.25) is 4.79 Å². The van der Waals surface area contributed by atoms with Gasteiger partial charge in [0.25, 0.3) is 5.91 Å². The Labute approximate surface area is 131 Å². The minimum Gasteiger partial charge on any atom is -0.338 e. The summed E-state index contributed by atoms with van der Waals surface area (Å²) in [5.41, 5.74) is 7.11. The number of hydrogen-bond donors (Lipinski definition) is 1. The van der Waals surface area contributed by atoms with Crippen LogP contribution < -0.4 is 5.73 Å². The maximum Gasteiger partial charge on any atom is 0.263 e. The summed E-state index contributed by atoms with van der Waals surface area (Å²) in [4.78, 5) is 17.3. The van der Waals surface area contributed by atoms with Crippen LogP contribution in [0.3, 0.4) is 0 Å². The standard InChI is InChI=1S/C17H26N2OS/c18-9-8-13-5-4-10-19(12-13)17(20)16-11-14-6-2-1-3-7-15(14)21-16/h11,13H,1-10,12,18H2. The van der Waals surface area contributed by atoms with Crippen LogP contribution in [0.25, 0.3) is 0 Å². The fourth-order valence-electron chi connectivity index (χ4n) is 3.65. The fraction of sp³-hybridized carbons (Fsp3) is 0.706. The Kier molecular flexibility index (Phi) is 4.96. The minimum absolute atomic E-state index is 0.259. The molecule has 1 aliphatic carbocycles. The molecular weight excluding hydrogens is 280 g/mol. The van der Waals surface area contributed by atoms with Gasteiger partial charge in [-0.2, -0.15) is 0 Å². The lowest BCUT2D eigenvalue weighted by atomic mass is 9.95. The Morgan fingerprint density at radius 1 is 1.29 bits per heavy atom. The lowest BCUT2D eigenvalue weighted by Crippen LogP contribution is -2.40. The quantitative estimate of drug-likeness (QED) is 0.872. The molecule has 0 radical (unpaired) electrons. The topological polar surface area (TPSA) is 46.3 Å². The predicted octanol–water partition coefficient (Wildman–Crippen LogP) is 3.22. The number of fused-ring (bicyclic) bond motifs is 1. The van der Waals surface area contributed by atoms with E-state index in [1.807, 2.05) is 0 Å². The van der Waals surface area contributed by atoms with Gasteiger partial charge in [-0.1, -0.05) is 6.42 Å². The summed E-state index contributed by atoms with van der Waals surface area (Å²) in [5.74, 6) is 0.861. The average Bonchev–Trinajstić information content (AvgIpc) is 2.78. The van der Waals surface area contributed by atoms with E-state index in [1.165, 1.54) is 42.5 Å². The van der Waals surface area contributed by atoms with E-state index in [9.17, 15) is 4.79 Å². The van der Waals surface area contributed by atoms with Crippen LogP contribution >= 0.6 is 11.3 Å². The second-order valence-corrected chi connectivity index (χ2v) is 7.59. The molecule has 2 aliphatic rings. The van der Waals surface area contributed by atoms with Crippen molar-refractivity contribution >= 4 is 17.2 Å². The molecule has 1 aromatic heterocycles. The monoisotopic (exact) mass is 306 g/mol. The second-order valence-electron chi connectivity index (χ2n) is 6.46. The summed E-state index contributed by atoms with van der Waals surface area (Å²) in [5, 5.41) is 0. The predicted molar refractivity (Wildman–Crippen MR) is 87.9 cm³/mol. The van der Waals surface area contributed by atoms with Gasteiger partial charge in [0.2, 0.25) is 0 Å². The van der Waals surface area contributed by atoms with Crippen LogP contribution in [0.1, 0.15) is 58.6 Å². The molecule has 4 heteroatoms. The van der Waals surface area contributed by atoms with E-state index >= 15 is 0 Å². The van der Waals surface area contributed by atoms with Crippen LogP contribution in [0.2, 0.25) is 0 Å². The number of rotatable bonds is 3. The summed E-state index contributed by atoms with van der Waals surface area (Å²) in [7, 11) is 0. The molecule has 1 atom stereocenters. The van der Waals surface area contributed by atoms with E-state index in [0.717, 1.165) is 43.8 Å². The first-order valence-electron chi connectivity index (χ1n) is 8.39. The van der Waals surface area contributed by atoms with Crippen molar-refractivity contribution in [2.75, 3.05) is 19.6 Å². The van der Waals surface area contributed by atoms with Gasteiger partial charge in [0.15, 0.2) is 0 Å². The molecule has 21 heavy (non-hydrogen) atoms. The van der Waals surface area contributed by atoms with Gasteiger partial charge in [0.05, 0.1) is 4.88 Å². The number of nitrogens with two attached hydrogens (primary N) is 1. The largest absolute Gasteiger partial charge is 0.338 e. The Balaban J connectivity index is 1.70. The molecular formula is C17H26N2OS. The van der Waals surface area contributed by atoms with E-state index in [0.29, 0.717) is 5.92 Å². The van der Waals surface area contributed by atoms with Gasteiger partial charge in [0, 0.05) is 18.0 Å². The van der Waals surface area contributed by atoms with Crippen molar-refractivity contribution in [3.05, 3.63) is 21.4 Å². The van der Waals surface area contributed by atoms with Crippen molar-refractivity contribution in [1.29, 1.82) is 0 Å². The molecule has 0 saturated carbocycles. The molecule has 1 saturated heterocycles. The number of carbonyl (C=O) groups is 1. The molecule has 2 N–H and O–H groups in total. The maximum atomic E-state index is 12.8. The number of carbonyl (C=O) groups excluding carboxylic acids is 1. The highest BCUT2D eigenvalue weighted by molar-refractivity contribution is 7.14. The number of hydrogen-bond acceptors (Lipinski definition) is 3. The first-order chi connectivity index (χ1) is 10.3. The lowest BCUT2D eigenvalue weighted by molar-refractivity contribution is 0.0674. The number of amides is 1. The van der Waals surface area contributed by atoms with Gasteiger partial charge in [-0.15, -0.1) is 11.3 Å². The van der Waals surface area contributed by atoms with Crippen molar-refractivity contribution in [3.8, 4) is 0 Å². The van der Waals surface area contributed by atoms with Crippen molar-refractivity contribution in [2.24, 2.45) is 11.7 Å².